The average molecular weight is 331 g/mol. The minimum Gasteiger partial charge on any atom is -0.306 e. The molecule has 0 aliphatic heterocycles. The van der Waals surface area contributed by atoms with Crippen molar-refractivity contribution in [1.82, 2.24) is 14.3 Å². The maximum absolute atomic E-state index is 12.2. The first kappa shape index (κ1) is 15.5. The first-order valence-corrected chi connectivity index (χ1v) is 8.90. The number of benzene rings is 1. The largest absolute Gasteiger partial charge is 0.306 e. The Morgan fingerprint density at radius 2 is 2.00 bits per heavy atom. The average Bonchev–Trinajstić information content (AvgIpc) is 3.10. The summed E-state index contributed by atoms with van der Waals surface area (Å²) in [5, 5.41) is -0.540. The fourth-order valence-corrected chi connectivity index (χ4v) is 3.87. The molecular formula is C16H17N3O3S. The number of hydrogen-bond donors (Lipinski definition) is 1. The van der Waals surface area contributed by atoms with Gasteiger partial charge in [-0.25, -0.2) is 18.1 Å². The highest BCUT2D eigenvalue weighted by Gasteiger charge is 2.27. The lowest BCUT2D eigenvalue weighted by Gasteiger charge is -2.18. The van der Waals surface area contributed by atoms with Crippen LogP contribution in [-0.2, 0) is 10.0 Å². The van der Waals surface area contributed by atoms with Crippen LogP contribution in [0, 0.1) is 0 Å². The molecule has 6 nitrogen and oxygen atoms in total. The van der Waals surface area contributed by atoms with Crippen LogP contribution in [0.3, 0.4) is 0 Å². The highest BCUT2D eigenvalue weighted by Crippen LogP contribution is 2.18. The molecule has 1 aliphatic carbocycles. The van der Waals surface area contributed by atoms with Crippen LogP contribution >= 0.6 is 0 Å². The molecule has 0 saturated heterocycles. The number of allylic oxidation sites excluding steroid dienone is 2. The Balaban J connectivity index is 1.72. The minimum atomic E-state index is -3.65. The van der Waals surface area contributed by atoms with E-state index in [2.05, 4.69) is 9.71 Å². The Kier molecular flexibility index (Phi) is 4.29. The molecule has 0 saturated carbocycles. The molecule has 23 heavy (non-hydrogen) atoms. The Hall–Kier alpha value is -2.41. The van der Waals surface area contributed by atoms with Gasteiger partial charge in [0, 0.05) is 23.6 Å². The van der Waals surface area contributed by atoms with Crippen molar-refractivity contribution in [3.8, 4) is 5.69 Å². The Bertz CT molecular complexity index is 809. The molecule has 120 valence electrons. The van der Waals surface area contributed by atoms with E-state index in [0.717, 1.165) is 12.1 Å². The molecule has 3 rings (SSSR count). The summed E-state index contributed by atoms with van der Waals surface area (Å²) in [6.07, 6.45) is 10.6. The number of amides is 1. The molecule has 1 unspecified atom stereocenters. The van der Waals surface area contributed by atoms with Crippen molar-refractivity contribution < 1.29 is 13.2 Å². The van der Waals surface area contributed by atoms with Crippen molar-refractivity contribution >= 4 is 15.9 Å². The van der Waals surface area contributed by atoms with Crippen molar-refractivity contribution in [2.45, 2.75) is 24.5 Å². The van der Waals surface area contributed by atoms with Gasteiger partial charge in [-0.3, -0.25) is 4.79 Å². The monoisotopic (exact) mass is 331 g/mol. The normalized spacial score (nSPS) is 17.8. The van der Waals surface area contributed by atoms with Gasteiger partial charge in [0.1, 0.15) is 0 Å². The lowest BCUT2D eigenvalue weighted by Crippen LogP contribution is -2.38. The molecule has 0 fully saturated rings. The van der Waals surface area contributed by atoms with Crippen LogP contribution in [0.15, 0.2) is 55.1 Å². The maximum atomic E-state index is 12.2. The lowest BCUT2D eigenvalue weighted by atomic mass is 10.1. The number of aromatic nitrogens is 2. The third kappa shape index (κ3) is 3.50. The molecule has 0 spiro atoms. The van der Waals surface area contributed by atoms with Crippen LogP contribution in [-0.4, -0.2) is 29.1 Å². The number of nitrogens with one attached hydrogen (secondary N) is 1. The minimum absolute atomic E-state index is 0.309. The van der Waals surface area contributed by atoms with E-state index in [1.165, 1.54) is 0 Å². The van der Waals surface area contributed by atoms with Crippen LogP contribution in [0.2, 0.25) is 0 Å². The van der Waals surface area contributed by atoms with Crippen LogP contribution in [0.4, 0.5) is 0 Å². The number of imidazole rings is 1. The van der Waals surface area contributed by atoms with E-state index >= 15 is 0 Å². The van der Waals surface area contributed by atoms with Crippen LogP contribution < -0.4 is 4.72 Å². The third-order valence-corrected chi connectivity index (χ3v) is 5.60. The third-order valence-electron chi connectivity index (χ3n) is 3.83. The zero-order valence-corrected chi connectivity index (χ0v) is 13.2. The molecule has 1 heterocycles. The summed E-state index contributed by atoms with van der Waals surface area (Å²) in [6.45, 7) is 0. The van der Waals surface area contributed by atoms with Gasteiger partial charge in [0.05, 0.1) is 11.6 Å². The van der Waals surface area contributed by atoms with Gasteiger partial charge in [-0.15, -0.1) is 0 Å². The first-order valence-electron chi connectivity index (χ1n) is 7.35. The van der Waals surface area contributed by atoms with E-state index in [0.29, 0.717) is 18.4 Å². The molecule has 0 radical (unpaired) electrons. The first-order chi connectivity index (χ1) is 11.1. The lowest BCUT2D eigenvalue weighted by molar-refractivity contribution is 0.0981. The summed E-state index contributed by atoms with van der Waals surface area (Å²) < 4.78 is 28.5. The highest BCUT2D eigenvalue weighted by atomic mass is 32.2. The van der Waals surface area contributed by atoms with E-state index in [9.17, 15) is 13.2 Å². The summed E-state index contributed by atoms with van der Waals surface area (Å²) in [6, 6.07) is 6.68. The Morgan fingerprint density at radius 1 is 1.22 bits per heavy atom. The Labute approximate surface area is 134 Å². The topological polar surface area (TPSA) is 81.1 Å². The standard InChI is InChI=1S/C16H17N3O3S/c20-16(18-23(21,22)15-4-2-1-3-5-15)13-6-8-14(9-7-13)19-11-10-17-12-19/h1-2,6-12,15H,3-5H2,(H,18,20). The van der Waals surface area contributed by atoms with Crippen LogP contribution in [0.25, 0.3) is 5.69 Å². The second kappa shape index (κ2) is 6.37. The van der Waals surface area contributed by atoms with Crippen LogP contribution in [0.1, 0.15) is 29.6 Å². The fourth-order valence-electron chi connectivity index (χ4n) is 2.52. The molecule has 1 atom stereocenters. The quantitative estimate of drug-likeness (QED) is 0.869. The molecule has 1 aromatic heterocycles. The molecule has 1 amide bonds. The number of rotatable bonds is 4. The van der Waals surface area contributed by atoms with Gasteiger partial charge in [-0.05, 0) is 43.5 Å². The zero-order valence-electron chi connectivity index (χ0n) is 12.4. The second-order valence-corrected chi connectivity index (χ2v) is 7.36. The molecule has 7 heteroatoms. The van der Waals surface area contributed by atoms with Crippen molar-refractivity contribution in [2.24, 2.45) is 0 Å². The van der Waals surface area contributed by atoms with E-state index in [1.807, 2.05) is 12.2 Å². The Morgan fingerprint density at radius 3 is 2.61 bits per heavy atom. The summed E-state index contributed by atoms with van der Waals surface area (Å²) in [4.78, 5) is 16.1. The number of sulfonamides is 1. The van der Waals surface area contributed by atoms with Crippen molar-refractivity contribution in [3.63, 3.8) is 0 Å². The van der Waals surface area contributed by atoms with Crippen molar-refractivity contribution in [2.75, 3.05) is 0 Å². The molecule has 2 aromatic rings. The van der Waals surface area contributed by atoms with Gasteiger partial charge in [0.25, 0.3) is 5.91 Å². The summed E-state index contributed by atoms with van der Waals surface area (Å²) in [7, 11) is -3.65. The number of nitrogens with zero attached hydrogens (tertiary/aromatic N) is 2. The van der Waals surface area contributed by atoms with E-state index in [4.69, 9.17) is 0 Å². The second-order valence-electron chi connectivity index (χ2n) is 5.40. The molecule has 1 aromatic carbocycles. The maximum Gasteiger partial charge on any atom is 0.264 e. The fraction of sp³-hybridized carbons (Fsp3) is 0.250. The van der Waals surface area contributed by atoms with E-state index < -0.39 is 21.2 Å². The van der Waals surface area contributed by atoms with Crippen molar-refractivity contribution in [3.05, 3.63) is 60.7 Å². The number of hydrogen-bond acceptors (Lipinski definition) is 4. The SMILES string of the molecule is O=C(NS(=O)(=O)C1CC=CCC1)c1ccc(-n2ccnc2)cc1. The smallest absolute Gasteiger partial charge is 0.264 e. The zero-order chi connectivity index (χ0) is 16.3. The molecule has 1 N–H and O–H groups in total. The number of carbonyl (C=O) groups excluding carboxylic acids is 1. The van der Waals surface area contributed by atoms with E-state index in [1.54, 1.807) is 47.6 Å². The van der Waals surface area contributed by atoms with E-state index in [-0.39, 0.29) is 0 Å². The summed E-state index contributed by atoms with van der Waals surface area (Å²) >= 11 is 0. The molecular weight excluding hydrogens is 314 g/mol. The van der Waals surface area contributed by atoms with Gasteiger partial charge in [0.15, 0.2) is 0 Å². The highest BCUT2D eigenvalue weighted by molar-refractivity contribution is 7.90. The van der Waals surface area contributed by atoms with Gasteiger partial charge in [-0.1, -0.05) is 12.2 Å². The summed E-state index contributed by atoms with van der Waals surface area (Å²) in [5.74, 6) is -0.600. The predicted molar refractivity (Wildman–Crippen MR) is 86.7 cm³/mol. The number of carbonyl (C=O) groups is 1. The molecule has 1 aliphatic rings. The van der Waals surface area contributed by atoms with Gasteiger partial charge in [0.2, 0.25) is 10.0 Å². The predicted octanol–water partition coefficient (Wildman–Crippen LogP) is 2.04. The van der Waals surface area contributed by atoms with Crippen LogP contribution in [0.5, 0.6) is 0 Å². The molecule has 0 bridgehead atoms. The van der Waals surface area contributed by atoms with Gasteiger partial charge >= 0.3 is 0 Å². The van der Waals surface area contributed by atoms with Gasteiger partial charge < -0.3 is 4.57 Å². The van der Waals surface area contributed by atoms with Crippen molar-refractivity contribution in [1.29, 1.82) is 0 Å². The van der Waals surface area contributed by atoms with Gasteiger partial charge in [-0.2, -0.15) is 0 Å². The summed E-state index contributed by atoms with van der Waals surface area (Å²) in [5.41, 5.74) is 1.16.